The third-order valence-corrected chi connectivity index (χ3v) is 5.46. The highest BCUT2D eigenvalue weighted by molar-refractivity contribution is 5.15. The molecule has 4 atom stereocenters. The van der Waals surface area contributed by atoms with Gasteiger partial charge in [0.05, 0.1) is 26.4 Å². The second kappa shape index (κ2) is 11.9. The molecule has 0 saturated carbocycles. The maximum atomic E-state index is 6.33. The van der Waals surface area contributed by atoms with Gasteiger partial charge < -0.3 is 23.7 Å². The largest absolute Gasteiger partial charge is 0.374 e. The van der Waals surface area contributed by atoms with Gasteiger partial charge in [0.1, 0.15) is 18.3 Å². The fourth-order valence-corrected chi connectivity index (χ4v) is 3.79. The zero-order valence-electron chi connectivity index (χ0n) is 18.3. The fraction of sp³-hybridized carbons (Fsp3) is 0.333. The molecule has 0 amide bonds. The van der Waals surface area contributed by atoms with Crippen molar-refractivity contribution in [3.63, 3.8) is 0 Å². The van der Waals surface area contributed by atoms with Crippen molar-refractivity contribution in [1.29, 1.82) is 0 Å². The van der Waals surface area contributed by atoms with Gasteiger partial charge in [0, 0.05) is 7.11 Å². The molecule has 1 saturated heterocycles. The van der Waals surface area contributed by atoms with Crippen molar-refractivity contribution in [3.8, 4) is 0 Å². The Bertz CT molecular complexity index is 903. The lowest BCUT2D eigenvalue weighted by Crippen LogP contribution is -2.39. The number of hydrogen-bond donors (Lipinski definition) is 0. The smallest absolute Gasteiger partial charge is 0.186 e. The Morgan fingerprint density at radius 3 is 1.59 bits per heavy atom. The van der Waals surface area contributed by atoms with Crippen LogP contribution in [0.25, 0.3) is 0 Å². The first-order valence-corrected chi connectivity index (χ1v) is 10.9. The van der Waals surface area contributed by atoms with Gasteiger partial charge in [0.25, 0.3) is 0 Å². The number of rotatable bonds is 11. The normalized spacial score (nSPS) is 22.8. The van der Waals surface area contributed by atoms with Gasteiger partial charge in [0.2, 0.25) is 0 Å². The van der Waals surface area contributed by atoms with Gasteiger partial charge in [-0.2, -0.15) is 0 Å². The van der Waals surface area contributed by atoms with Crippen molar-refractivity contribution in [3.05, 3.63) is 108 Å². The molecule has 0 bridgehead atoms. The van der Waals surface area contributed by atoms with E-state index in [0.29, 0.717) is 26.4 Å². The molecule has 168 valence electrons. The molecule has 0 aromatic heterocycles. The van der Waals surface area contributed by atoms with Gasteiger partial charge in [0.15, 0.2) is 6.29 Å². The van der Waals surface area contributed by atoms with E-state index in [2.05, 4.69) is 0 Å². The zero-order valence-corrected chi connectivity index (χ0v) is 18.3. The molecular formula is C27H30O5. The summed E-state index contributed by atoms with van der Waals surface area (Å²) in [6, 6.07) is 30.3. The van der Waals surface area contributed by atoms with Gasteiger partial charge in [-0.1, -0.05) is 91.0 Å². The predicted octanol–water partition coefficient (Wildman–Crippen LogP) is 4.75. The van der Waals surface area contributed by atoms with Crippen LogP contribution in [0.2, 0.25) is 0 Å². The lowest BCUT2D eigenvalue weighted by molar-refractivity contribution is -0.170. The molecule has 3 aromatic carbocycles. The second-order valence-electron chi connectivity index (χ2n) is 7.80. The van der Waals surface area contributed by atoms with Crippen LogP contribution in [0.3, 0.4) is 0 Å². The van der Waals surface area contributed by atoms with Crippen molar-refractivity contribution < 1.29 is 23.7 Å². The zero-order chi connectivity index (χ0) is 22.0. The van der Waals surface area contributed by atoms with E-state index in [-0.39, 0.29) is 18.3 Å². The maximum absolute atomic E-state index is 6.33. The second-order valence-corrected chi connectivity index (χ2v) is 7.80. The Hall–Kier alpha value is -2.54. The third kappa shape index (κ3) is 6.25. The van der Waals surface area contributed by atoms with Crippen LogP contribution in [-0.4, -0.2) is 38.3 Å². The van der Waals surface area contributed by atoms with Crippen LogP contribution in [0.5, 0.6) is 0 Å². The molecule has 32 heavy (non-hydrogen) atoms. The summed E-state index contributed by atoms with van der Waals surface area (Å²) in [6.45, 7) is 1.82. The Kier molecular flexibility index (Phi) is 8.42. The van der Waals surface area contributed by atoms with Crippen molar-refractivity contribution in [1.82, 2.24) is 0 Å². The van der Waals surface area contributed by atoms with Crippen LogP contribution in [-0.2, 0) is 43.5 Å². The summed E-state index contributed by atoms with van der Waals surface area (Å²) in [4.78, 5) is 0. The molecule has 0 spiro atoms. The van der Waals surface area contributed by atoms with Crippen LogP contribution >= 0.6 is 0 Å². The topological polar surface area (TPSA) is 46.2 Å². The average molecular weight is 435 g/mol. The quantitative estimate of drug-likeness (QED) is 0.436. The Morgan fingerprint density at radius 1 is 0.625 bits per heavy atom. The first kappa shape index (κ1) is 22.6. The van der Waals surface area contributed by atoms with E-state index in [4.69, 9.17) is 23.7 Å². The van der Waals surface area contributed by atoms with Gasteiger partial charge in [-0.3, -0.25) is 0 Å². The van der Waals surface area contributed by atoms with E-state index in [1.165, 1.54) is 0 Å². The van der Waals surface area contributed by atoms with Gasteiger partial charge in [-0.25, -0.2) is 0 Å². The third-order valence-electron chi connectivity index (χ3n) is 5.46. The van der Waals surface area contributed by atoms with E-state index in [1.807, 2.05) is 91.0 Å². The molecule has 1 aliphatic rings. The summed E-state index contributed by atoms with van der Waals surface area (Å²) in [5, 5.41) is 0. The minimum absolute atomic E-state index is 0.298. The molecule has 4 rings (SSSR count). The predicted molar refractivity (Wildman–Crippen MR) is 122 cm³/mol. The lowest BCUT2D eigenvalue weighted by atomic mass is 10.1. The Balaban J connectivity index is 1.42. The number of methoxy groups -OCH3 is 1. The molecular weight excluding hydrogens is 404 g/mol. The Morgan fingerprint density at radius 2 is 1.09 bits per heavy atom. The monoisotopic (exact) mass is 434 g/mol. The highest BCUT2D eigenvalue weighted by atomic mass is 16.7. The van der Waals surface area contributed by atoms with E-state index < -0.39 is 6.29 Å². The maximum Gasteiger partial charge on any atom is 0.186 e. The van der Waals surface area contributed by atoms with Gasteiger partial charge in [-0.15, -0.1) is 0 Å². The standard InChI is InChI=1S/C27H30O5/c1-28-27-26(31-19-23-15-9-4-10-16-23)25(30-18-22-13-7-3-8-14-22)24(32-27)20-29-17-21-11-5-2-6-12-21/h2-16,24-27H,17-20H2,1H3/t24-,25+,26+,27-/m1/s1. The van der Waals surface area contributed by atoms with Crippen LogP contribution in [0, 0.1) is 0 Å². The molecule has 0 radical (unpaired) electrons. The van der Waals surface area contributed by atoms with E-state index in [0.717, 1.165) is 16.7 Å². The first-order valence-electron chi connectivity index (χ1n) is 10.9. The molecule has 0 N–H and O–H groups in total. The van der Waals surface area contributed by atoms with Gasteiger partial charge in [-0.05, 0) is 16.7 Å². The molecule has 1 heterocycles. The van der Waals surface area contributed by atoms with E-state index >= 15 is 0 Å². The summed E-state index contributed by atoms with van der Waals surface area (Å²) in [5.41, 5.74) is 3.31. The Labute approximate surface area is 189 Å². The van der Waals surface area contributed by atoms with Gasteiger partial charge >= 0.3 is 0 Å². The summed E-state index contributed by atoms with van der Waals surface area (Å²) < 4.78 is 30.3. The highest BCUT2D eigenvalue weighted by Gasteiger charge is 2.46. The van der Waals surface area contributed by atoms with Crippen molar-refractivity contribution >= 4 is 0 Å². The van der Waals surface area contributed by atoms with Crippen molar-refractivity contribution in [2.75, 3.05) is 13.7 Å². The summed E-state index contributed by atoms with van der Waals surface area (Å²) in [5.74, 6) is 0. The minimum atomic E-state index is -0.523. The molecule has 0 aliphatic carbocycles. The molecule has 3 aromatic rings. The van der Waals surface area contributed by atoms with Crippen LogP contribution in [0.1, 0.15) is 16.7 Å². The summed E-state index contributed by atoms with van der Waals surface area (Å²) in [6.07, 6.45) is -1.51. The number of benzene rings is 3. The van der Waals surface area contributed by atoms with Crippen LogP contribution < -0.4 is 0 Å². The van der Waals surface area contributed by atoms with E-state index in [9.17, 15) is 0 Å². The van der Waals surface area contributed by atoms with Crippen molar-refractivity contribution in [2.45, 2.75) is 44.4 Å². The lowest BCUT2D eigenvalue weighted by Gasteiger charge is -2.24. The molecule has 1 aliphatic heterocycles. The number of ether oxygens (including phenoxy) is 5. The molecule has 1 fully saturated rings. The first-order chi connectivity index (χ1) is 15.8. The van der Waals surface area contributed by atoms with Crippen molar-refractivity contribution in [2.24, 2.45) is 0 Å². The minimum Gasteiger partial charge on any atom is -0.374 e. The highest BCUT2D eigenvalue weighted by Crippen LogP contribution is 2.29. The number of hydrogen-bond acceptors (Lipinski definition) is 5. The molecule has 0 unspecified atom stereocenters. The fourth-order valence-electron chi connectivity index (χ4n) is 3.79. The molecule has 5 nitrogen and oxygen atoms in total. The average Bonchev–Trinajstić information content (AvgIpc) is 3.19. The van der Waals surface area contributed by atoms with Crippen LogP contribution in [0.15, 0.2) is 91.0 Å². The van der Waals surface area contributed by atoms with Crippen LogP contribution in [0.4, 0.5) is 0 Å². The van der Waals surface area contributed by atoms with E-state index in [1.54, 1.807) is 7.11 Å². The molecule has 5 heteroatoms. The summed E-state index contributed by atoms with van der Waals surface area (Å²) in [7, 11) is 1.63. The summed E-state index contributed by atoms with van der Waals surface area (Å²) >= 11 is 0. The SMILES string of the molecule is CO[C@@H]1O[C@H](COCc2ccccc2)[C@H](OCc2ccccc2)[C@@H]1OCc1ccccc1.